The Morgan fingerprint density at radius 2 is 1.77 bits per heavy atom. The summed E-state index contributed by atoms with van der Waals surface area (Å²) in [6.45, 7) is 8.92. The van der Waals surface area contributed by atoms with Gasteiger partial charge in [-0.3, -0.25) is 19.3 Å². The van der Waals surface area contributed by atoms with Gasteiger partial charge in [-0.2, -0.15) is 0 Å². The van der Waals surface area contributed by atoms with Gasteiger partial charge in [0.05, 0.1) is 12.5 Å². The molecule has 47 heavy (non-hydrogen) atoms. The molecule has 1 N–H and O–H groups in total. The number of nitrogens with zero attached hydrogens (tertiary/aromatic N) is 3. The molecule has 9 nitrogen and oxygen atoms in total. The minimum Gasteiger partial charge on any atom is -0.481 e. The van der Waals surface area contributed by atoms with Crippen molar-refractivity contribution in [1.82, 2.24) is 9.80 Å². The molecule has 0 aliphatic carbocycles. The zero-order valence-electron chi connectivity index (χ0n) is 28.5. The molecule has 3 heterocycles. The van der Waals surface area contributed by atoms with Crippen LogP contribution in [0, 0.1) is 11.8 Å². The Balaban J connectivity index is 1.40. The molecule has 2 fully saturated rings. The number of carboxylic acid groups (broad SMARTS) is 1. The highest BCUT2D eigenvalue weighted by Crippen LogP contribution is 2.43. The van der Waals surface area contributed by atoms with Crippen LogP contribution in [-0.4, -0.2) is 78.2 Å². The predicted molar refractivity (Wildman–Crippen MR) is 183 cm³/mol. The quantitative estimate of drug-likeness (QED) is 0.196. The highest BCUT2D eigenvalue weighted by molar-refractivity contribution is 5.95. The van der Waals surface area contributed by atoms with Gasteiger partial charge in [-0.15, -0.1) is 0 Å². The molecule has 0 saturated carbocycles. The van der Waals surface area contributed by atoms with Crippen LogP contribution in [0.2, 0.25) is 0 Å². The summed E-state index contributed by atoms with van der Waals surface area (Å²) in [5.74, 6) is -0.478. The maximum atomic E-state index is 14.3. The van der Waals surface area contributed by atoms with Crippen LogP contribution in [0.1, 0.15) is 95.6 Å². The summed E-state index contributed by atoms with van der Waals surface area (Å²) < 4.78 is 11.2. The van der Waals surface area contributed by atoms with Gasteiger partial charge >= 0.3 is 5.97 Å². The number of fused-ring (bicyclic) bond motifs is 1. The van der Waals surface area contributed by atoms with Crippen molar-refractivity contribution in [2.24, 2.45) is 11.8 Å². The molecular formula is C38H53N3O6. The monoisotopic (exact) mass is 647 g/mol. The number of unbranched alkanes of at least 4 members (excludes halogenated alkanes) is 3. The predicted octanol–water partition coefficient (Wildman–Crippen LogP) is 6.49. The van der Waals surface area contributed by atoms with Gasteiger partial charge in [-0.1, -0.05) is 64.7 Å². The number of likely N-dealkylation sites (tertiary alicyclic amines) is 2. The standard InChI is InChI=1S/C38H53N3O6/c1-4-7-9-12-27-13-10-14-30(22-27)41(19-8-5-2)35(42)25-40-24-31(29-15-16-33-34(23-29)47-26-46-33)36(38(44)45)32(40)18-21-39-20-17-28(11-6-3)37(39)43/h10,13-16,22-23,28,31-32,36H,4-9,11-12,17-21,24-26H2,1-3H3,(H,44,45)/t28-,31+,32-,36+/m0/s1. The fourth-order valence-corrected chi connectivity index (χ4v) is 7.70. The number of hydrogen-bond donors (Lipinski definition) is 1. The number of ether oxygens (including phenoxy) is 2. The SMILES string of the molecule is CCCCCc1cccc(N(CCCC)C(=O)CN2C[C@H](c3ccc4c(c3)OCO4)[C@@H](C(=O)O)[C@@H]2CCN2CC[C@H](CCC)C2=O)c1. The number of carbonyl (C=O) groups excluding carboxylic acids is 2. The molecule has 0 bridgehead atoms. The fraction of sp³-hybridized carbons (Fsp3) is 0.605. The number of anilines is 1. The van der Waals surface area contributed by atoms with Crippen molar-refractivity contribution < 1.29 is 29.0 Å². The molecule has 5 rings (SSSR count). The number of benzene rings is 2. The lowest BCUT2D eigenvalue weighted by Gasteiger charge is -2.31. The number of rotatable bonds is 17. The topological polar surface area (TPSA) is 99.6 Å². The Hall–Kier alpha value is -3.59. The number of carboxylic acids is 1. The van der Waals surface area contributed by atoms with E-state index >= 15 is 0 Å². The van der Waals surface area contributed by atoms with E-state index in [0.29, 0.717) is 44.1 Å². The maximum Gasteiger partial charge on any atom is 0.308 e. The molecule has 0 aromatic heterocycles. The third-order valence-corrected chi connectivity index (χ3v) is 10.3. The van der Waals surface area contributed by atoms with E-state index in [1.807, 2.05) is 40.1 Å². The first-order valence-corrected chi connectivity index (χ1v) is 17.9. The highest BCUT2D eigenvalue weighted by atomic mass is 16.7. The second-order valence-electron chi connectivity index (χ2n) is 13.5. The average Bonchev–Trinajstić information content (AvgIpc) is 3.78. The second kappa shape index (κ2) is 16.5. The van der Waals surface area contributed by atoms with Crippen molar-refractivity contribution in [3.8, 4) is 11.5 Å². The molecule has 4 atom stereocenters. The van der Waals surface area contributed by atoms with Crippen LogP contribution in [0.4, 0.5) is 5.69 Å². The molecule has 2 aromatic carbocycles. The van der Waals surface area contributed by atoms with E-state index in [1.54, 1.807) is 0 Å². The molecule has 0 unspecified atom stereocenters. The van der Waals surface area contributed by atoms with Crippen molar-refractivity contribution >= 4 is 23.5 Å². The summed E-state index contributed by atoms with van der Waals surface area (Å²) in [5.41, 5.74) is 3.00. The van der Waals surface area contributed by atoms with Gasteiger partial charge in [0.1, 0.15) is 0 Å². The summed E-state index contributed by atoms with van der Waals surface area (Å²) in [5, 5.41) is 10.7. The number of hydrogen-bond acceptors (Lipinski definition) is 6. The van der Waals surface area contributed by atoms with Crippen LogP contribution >= 0.6 is 0 Å². The van der Waals surface area contributed by atoms with E-state index in [1.165, 1.54) is 12.0 Å². The summed E-state index contributed by atoms with van der Waals surface area (Å²) in [6.07, 6.45) is 9.49. The second-order valence-corrected chi connectivity index (χ2v) is 13.5. The first kappa shape index (κ1) is 34.7. The van der Waals surface area contributed by atoms with Gasteiger partial charge in [0.15, 0.2) is 11.5 Å². The van der Waals surface area contributed by atoms with Crippen LogP contribution in [0.15, 0.2) is 42.5 Å². The molecule has 3 aliphatic rings. The van der Waals surface area contributed by atoms with E-state index in [9.17, 15) is 19.5 Å². The van der Waals surface area contributed by atoms with Crippen molar-refractivity contribution in [3.63, 3.8) is 0 Å². The van der Waals surface area contributed by atoms with Gasteiger partial charge in [0, 0.05) is 49.7 Å². The van der Waals surface area contributed by atoms with Crippen LogP contribution in [-0.2, 0) is 20.8 Å². The van der Waals surface area contributed by atoms with Crippen molar-refractivity contribution in [2.45, 2.75) is 96.9 Å². The number of amides is 2. The largest absolute Gasteiger partial charge is 0.481 e. The van der Waals surface area contributed by atoms with Crippen LogP contribution in [0.5, 0.6) is 11.5 Å². The van der Waals surface area contributed by atoms with Gasteiger partial charge in [-0.25, -0.2) is 0 Å². The normalized spacial score (nSPS) is 22.3. The molecule has 2 aromatic rings. The minimum atomic E-state index is -0.883. The number of aryl methyl sites for hydroxylation is 1. The van der Waals surface area contributed by atoms with E-state index < -0.39 is 17.9 Å². The Bertz CT molecular complexity index is 1380. The van der Waals surface area contributed by atoms with Crippen molar-refractivity contribution in [2.75, 3.05) is 44.4 Å². The van der Waals surface area contributed by atoms with Gasteiger partial charge in [0.25, 0.3) is 0 Å². The molecule has 0 radical (unpaired) electrons. The highest BCUT2D eigenvalue weighted by Gasteiger charge is 2.48. The third-order valence-electron chi connectivity index (χ3n) is 10.3. The average molecular weight is 648 g/mol. The van der Waals surface area contributed by atoms with Crippen LogP contribution in [0.25, 0.3) is 0 Å². The van der Waals surface area contributed by atoms with Gasteiger partial charge < -0.3 is 24.4 Å². The molecule has 256 valence electrons. The Labute approximate surface area is 280 Å². The number of carbonyl (C=O) groups is 3. The Morgan fingerprint density at radius 1 is 0.957 bits per heavy atom. The van der Waals surface area contributed by atoms with E-state index in [2.05, 4.69) is 37.8 Å². The van der Waals surface area contributed by atoms with Crippen LogP contribution < -0.4 is 14.4 Å². The summed E-state index contributed by atoms with van der Waals surface area (Å²) in [7, 11) is 0. The Kier molecular flexibility index (Phi) is 12.2. The molecule has 0 spiro atoms. The Morgan fingerprint density at radius 3 is 2.53 bits per heavy atom. The summed E-state index contributed by atoms with van der Waals surface area (Å²) in [6, 6.07) is 13.6. The number of aliphatic carboxylic acids is 1. The maximum absolute atomic E-state index is 14.3. The molecule has 9 heteroatoms. The smallest absolute Gasteiger partial charge is 0.308 e. The lowest BCUT2D eigenvalue weighted by Crippen LogP contribution is -2.45. The van der Waals surface area contributed by atoms with Crippen molar-refractivity contribution in [1.29, 1.82) is 0 Å². The van der Waals surface area contributed by atoms with Gasteiger partial charge in [0.2, 0.25) is 18.6 Å². The third kappa shape index (κ3) is 8.29. The lowest BCUT2D eigenvalue weighted by atomic mass is 9.84. The van der Waals surface area contributed by atoms with Gasteiger partial charge in [-0.05, 0) is 73.9 Å². The molecule has 2 saturated heterocycles. The minimum absolute atomic E-state index is 0.0232. The van der Waals surface area contributed by atoms with E-state index in [4.69, 9.17) is 9.47 Å². The summed E-state index contributed by atoms with van der Waals surface area (Å²) >= 11 is 0. The summed E-state index contributed by atoms with van der Waals surface area (Å²) in [4.78, 5) is 46.3. The zero-order valence-corrected chi connectivity index (χ0v) is 28.5. The zero-order chi connectivity index (χ0) is 33.3. The first-order chi connectivity index (χ1) is 22.8. The molecule has 3 aliphatic heterocycles. The van der Waals surface area contributed by atoms with Crippen LogP contribution in [0.3, 0.4) is 0 Å². The first-order valence-electron chi connectivity index (χ1n) is 17.9. The lowest BCUT2D eigenvalue weighted by molar-refractivity contribution is -0.143. The fourth-order valence-electron chi connectivity index (χ4n) is 7.70. The van der Waals surface area contributed by atoms with E-state index in [0.717, 1.165) is 62.6 Å². The van der Waals surface area contributed by atoms with Crippen molar-refractivity contribution in [3.05, 3.63) is 53.6 Å². The molecule has 2 amide bonds. The molecular weight excluding hydrogens is 594 g/mol. The van der Waals surface area contributed by atoms with E-state index in [-0.39, 0.29) is 37.0 Å².